The van der Waals surface area contributed by atoms with Gasteiger partial charge in [0, 0.05) is 6.54 Å². The lowest BCUT2D eigenvalue weighted by molar-refractivity contribution is -0.143. The van der Waals surface area contributed by atoms with Crippen molar-refractivity contribution in [2.45, 2.75) is 25.8 Å². The van der Waals surface area contributed by atoms with E-state index in [0.717, 1.165) is 0 Å². The lowest BCUT2D eigenvalue weighted by Crippen LogP contribution is -2.53. The molecule has 6 nitrogen and oxygen atoms in total. The standard InChI is InChI=1S/C12H18N2O4S/c1-3-9-13-19(17,18)14-12(2,11(15)16)10-7-5-4-6-8-10/h4-8,13-14H,3,9H2,1-2H3,(H,15,16). The Bertz CT molecular complexity index is 530. The maximum atomic E-state index is 11.8. The van der Waals surface area contributed by atoms with Crippen LogP contribution in [0, 0.1) is 0 Å². The summed E-state index contributed by atoms with van der Waals surface area (Å²) in [6.45, 7) is 3.38. The van der Waals surface area contributed by atoms with Gasteiger partial charge >= 0.3 is 5.97 Å². The number of carboxylic acid groups (broad SMARTS) is 1. The summed E-state index contributed by atoms with van der Waals surface area (Å²) in [7, 11) is -3.88. The summed E-state index contributed by atoms with van der Waals surface area (Å²) in [5.41, 5.74) is -1.34. The van der Waals surface area contributed by atoms with Crippen LogP contribution in [-0.2, 0) is 20.5 Å². The Morgan fingerprint density at radius 3 is 2.37 bits per heavy atom. The van der Waals surface area contributed by atoms with Crippen molar-refractivity contribution in [2.75, 3.05) is 6.54 Å². The second kappa shape index (κ2) is 6.14. The van der Waals surface area contributed by atoms with Gasteiger partial charge in [-0.15, -0.1) is 0 Å². The molecule has 0 amide bonds. The molecule has 1 aromatic carbocycles. The summed E-state index contributed by atoms with van der Waals surface area (Å²) in [5, 5.41) is 9.32. The smallest absolute Gasteiger partial charge is 0.329 e. The molecule has 1 aromatic rings. The first kappa shape index (κ1) is 15.6. The summed E-state index contributed by atoms with van der Waals surface area (Å²) in [6, 6.07) is 8.18. The zero-order chi connectivity index (χ0) is 14.5. The molecule has 0 heterocycles. The van der Waals surface area contributed by atoms with E-state index in [4.69, 9.17) is 0 Å². The van der Waals surface area contributed by atoms with E-state index in [0.29, 0.717) is 12.0 Å². The molecule has 0 spiro atoms. The van der Waals surface area contributed by atoms with E-state index in [1.165, 1.54) is 6.92 Å². The monoisotopic (exact) mass is 286 g/mol. The number of nitrogens with one attached hydrogen (secondary N) is 2. The fraction of sp³-hybridized carbons (Fsp3) is 0.417. The number of hydrogen-bond donors (Lipinski definition) is 3. The van der Waals surface area contributed by atoms with Gasteiger partial charge in [0.1, 0.15) is 0 Å². The first-order valence-corrected chi connectivity index (χ1v) is 7.37. The second-order valence-corrected chi connectivity index (χ2v) is 5.80. The van der Waals surface area contributed by atoms with Crippen molar-refractivity contribution >= 4 is 16.2 Å². The van der Waals surface area contributed by atoms with Gasteiger partial charge in [-0.25, -0.2) is 9.52 Å². The summed E-state index contributed by atoms with van der Waals surface area (Å²) < 4.78 is 28.1. The summed E-state index contributed by atoms with van der Waals surface area (Å²) in [4.78, 5) is 11.4. The van der Waals surface area contributed by atoms with Gasteiger partial charge in [0.15, 0.2) is 5.54 Å². The molecule has 3 N–H and O–H groups in total. The van der Waals surface area contributed by atoms with Gasteiger partial charge in [-0.1, -0.05) is 37.3 Å². The maximum Gasteiger partial charge on any atom is 0.329 e. The Kier molecular flexibility index (Phi) is 5.04. The van der Waals surface area contributed by atoms with Gasteiger partial charge < -0.3 is 5.11 Å². The predicted octanol–water partition coefficient (Wildman–Crippen LogP) is 0.820. The Morgan fingerprint density at radius 2 is 1.89 bits per heavy atom. The van der Waals surface area contributed by atoms with Crippen molar-refractivity contribution in [1.29, 1.82) is 0 Å². The largest absolute Gasteiger partial charge is 0.480 e. The molecule has 0 saturated carbocycles. The van der Waals surface area contributed by atoms with Crippen molar-refractivity contribution in [3.63, 3.8) is 0 Å². The van der Waals surface area contributed by atoms with Gasteiger partial charge in [-0.2, -0.15) is 13.1 Å². The molecule has 0 aromatic heterocycles. The van der Waals surface area contributed by atoms with E-state index in [-0.39, 0.29) is 6.54 Å². The third-order valence-electron chi connectivity index (χ3n) is 2.66. The highest BCUT2D eigenvalue weighted by Crippen LogP contribution is 2.21. The molecule has 106 valence electrons. The molecule has 0 radical (unpaired) electrons. The Balaban J connectivity index is 3.06. The molecule has 7 heteroatoms. The van der Waals surface area contributed by atoms with Crippen LogP contribution < -0.4 is 9.44 Å². The molecule has 19 heavy (non-hydrogen) atoms. The normalized spacial score (nSPS) is 14.8. The topological polar surface area (TPSA) is 95.5 Å². The first-order chi connectivity index (χ1) is 8.82. The van der Waals surface area contributed by atoms with Gasteiger partial charge in [-0.05, 0) is 18.9 Å². The zero-order valence-electron chi connectivity index (χ0n) is 10.9. The number of benzene rings is 1. The van der Waals surface area contributed by atoms with Crippen molar-refractivity contribution < 1.29 is 18.3 Å². The van der Waals surface area contributed by atoms with Crippen LogP contribution in [0.1, 0.15) is 25.8 Å². The minimum absolute atomic E-state index is 0.250. The summed E-state index contributed by atoms with van der Waals surface area (Å²) >= 11 is 0. The van der Waals surface area contributed by atoms with Crippen LogP contribution in [-0.4, -0.2) is 26.0 Å². The fourth-order valence-corrected chi connectivity index (χ4v) is 2.83. The number of hydrogen-bond acceptors (Lipinski definition) is 3. The summed E-state index contributed by atoms with van der Waals surface area (Å²) in [5.74, 6) is -1.26. The van der Waals surface area contributed by atoms with Crippen molar-refractivity contribution in [2.24, 2.45) is 0 Å². The van der Waals surface area contributed by atoms with Crippen LogP contribution in [0.2, 0.25) is 0 Å². The predicted molar refractivity (Wildman–Crippen MR) is 71.8 cm³/mol. The molecule has 0 saturated heterocycles. The molecule has 0 fully saturated rings. The van der Waals surface area contributed by atoms with E-state index < -0.39 is 21.7 Å². The second-order valence-electron chi connectivity index (χ2n) is 4.30. The minimum atomic E-state index is -3.88. The van der Waals surface area contributed by atoms with Gasteiger partial charge in [0.2, 0.25) is 0 Å². The molecule has 1 rings (SSSR count). The molecule has 1 unspecified atom stereocenters. The SMILES string of the molecule is CCCNS(=O)(=O)NC(C)(C(=O)O)c1ccccc1. The quantitative estimate of drug-likeness (QED) is 0.691. The van der Waals surface area contributed by atoms with Crippen LogP contribution in [0.15, 0.2) is 30.3 Å². The molecule has 0 aliphatic heterocycles. The number of carboxylic acids is 1. The average molecular weight is 286 g/mol. The number of carbonyl (C=O) groups is 1. The van der Waals surface area contributed by atoms with Crippen molar-refractivity contribution in [1.82, 2.24) is 9.44 Å². The molecule has 0 aliphatic carbocycles. The van der Waals surface area contributed by atoms with Crippen LogP contribution in [0.3, 0.4) is 0 Å². The molecular formula is C12H18N2O4S. The molecular weight excluding hydrogens is 268 g/mol. The van der Waals surface area contributed by atoms with Crippen LogP contribution in [0.25, 0.3) is 0 Å². The highest BCUT2D eigenvalue weighted by molar-refractivity contribution is 7.87. The van der Waals surface area contributed by atoms with Crippen LogP contribution >= 0.6 is 0 Å². The fourth-order valence-electron chi connectivity index (χ4n) is 1.54. The van der Waals surface area contributed by atoms with Crippen molar-refractivity contribution in [3.8, 4) is 0 Å². The van der Waals surface area contributed by atoms with Crippen molar-refractivity contribution in [3.05, 3.63) is 35.9 Å². The Labute approximate surface area is 113 Å². The highest BCUT2D eigenvalue weighted by Gasteiger charge is 2.38. The van der Waals surface area contributed by atoms with Crippen LogP contribution in [0.5, 0.6) is 0 Å². The van der Waals surface area contributed by atoms with Gasteiger partial charge in [-0.3, -0.25) is 0 Å². The minimum Gasteiger partial charge on any atom is -0.480 e. The van der Waals surface area contributed by atoms with Gasteiger partial charge in [0.05, 0.1) is 0 Å². The van der Waals surface area contributed by atoms with Crippen LogP contribution in [0.4, 0.5) is 0 Å². The van der Waals surface area contributed by atoms with E-state index in [2.05, 4.69) is 9.44 Å². The number of aliphatic carboxylic acids is 1. The average Bonchev–Trinajstić information content (AvgIpc) is 2.36. The zero-order valence-corrected chi connectivity index (χ0v) is 11.7. The Hall–Kier alpha value is -1.44. The lowest BCUT2D eigenvalue weighted by atomic mass is 9.94. The summed E-state index contributed by atoms with van der Waals surface area (Å²) in [6.07, 6.45) is 0.621. The van der Waals surface area contributed by atoms with E-state index in [9.17, 15) is 18.3 Å². The molecule has 1 atom stereocenters. The first-order valence-electron chi connectivity index (χ1n) is 5.89. The molecule has 0 aliphatic rings. The third-order valence-corrected chi connectivity index (χ3v) is 3.92. The number of rotatable bonds is 7. The Morgan fingerprint density at radius 1 is 1.32 bits per heavy atom. The maximum absolute atomic E-state index is 11.8. The third kappa shape index (κ3) is 4.02. The lowest BCUT2D eigenvalue weighted by Gasteiger charge is -2.26. The van der Waals surface area contributed by atoms with E-state index >= 15 is 0 Å². The highest BCUT2D eigenvalue weighted by atomic mass is 32.2. The van der Waals surface area contributed by atoms with E-state index in [1.54, 1.807) is 30.3 Å². The van der Waals surface area contributed by atoms with E-state index in [1.807, 2.05) is 6.92 Å². The molecule has 0 bridgehead atoms. The van der Waals surface area contributed by atoms with Gasteiger partial charge in [0.25, 0.3) is 10.2 Å².